The van der Waals surface area contributed by atoms with Gasteiger partial charge in [-0.15, -0.1) is 0 Å². The molecule has 1 aliphatic rings. The van der Waals surface area contributed by atoms with Gasteiger partial charge in [0.25, 0.3) is 0 Å². The maximum atomic E-state index is 12.6. The van der Waals surface area contributed by atoms with Gasteiger partial charge in [0.05, 0.1) is 5.92 Å². The predicted molar refractivity (Wildman–Crippen MR) is 77.7 cm³/mol. The van der Waals surface area contributed by atoms with Crippen molar-refractivity contribution in [3.63, 3.8) is 0 Å². The van der Waals surface area contributed by atoms with E-state index in [-0.39, 0.29) is 17.7 Å². The second-order valence-corrected chi connectivity index (χ2v) is 5.41. The number of anilines is 1. The molecule has 2 rings (SSSR count). The van der Waals surface area contributed by atoms with Gasteiger partial charge >= 0.3 is 5.97 Å². The second kappa shape index (κ2) is 6.07. The number of hydrogen-bond donors (Lipinski definition) is 1. The van der Waals surface area contributed by atoms with Crippen molar-refractivity contribution in [3.8, 4) is 0 Å². The molecule has 0 aromatic heterocycles. The summed E-state index contributed by atoms with van der Waals surface area (Å²) in [5, 5.41) is 9.04. The third-order valence-electron chi connectivity index (χ3n) is 4.12. The van der Waals surface area contributed by atoms with Crippen molar-refractivity contribution in [2.75, 3.05) is 11.4 Å². The zero-order valence-corrected chi connectivity index (χ0v) is 12.0. The summed E-state index contributed by atoms with van der Waals surface area (Å²) in [5.74, 6) is -1.24. The van der Waals surface area contributed by atoms with Gasteiger partial charge in [-0.05, 0) is 44.7 Å². The van der Waals surface area contributed by atoms with Gasteiger partial charge in [-0.2, -0.15) is 0 Å². The number of benzene rings is 1. The first-order chi connectivity index (χ1) is 9.54. The molecule has 0 radical (unpaired) electrons. The van der Waals surface area contributed by atoms with Crippen molar-refractivity contribution in [1.29, 1.82) is 0 Å². The second-order valence-electron chi connectivity index (χ2n) is 5.41. The average molecular weight is 275 g/mol. The summed E-state index contributed by atoms with van der Waals surface area (Å²) in [6.07, 6.45) is 1.76. The van der Waals surface area contributed by atoms with Crippen LogP contribution in [-0.2, 0) is 9.59 Å². The van der Waals surface area contributed by atoms with E-state index in [0.717, 1.165) is 11.3 Å². The van der Waals surface area contributed by atoms with Crippen LogP contribution in [0.3, 0.4) is 0 Å². The zero-order chi connectivity index (χ0) is 14.7. The Morgan fingerprint density at radius 3 is 2.45 bits per heavy atom. The van der Waals surface area contributed by atoms with Gasteiger partial charge in [0.2, 0.25) is 5.91 Å². The van der Waals surface area contributed by atoms with Crippen LogP contribution in [0.15, 0.2) is 24.3 Å². The Hall–Kier alpha value is -1.84. The van der Waals surface area contributed by atoms with Crippen molar-refractivity contribution < 1.29 is 14.7 Å². The molecule has 0 saturated heterocycles. The quantitative estimate of drug-likeness (QED) is 0.919. The van der Waals surface area contributed by atoms with E-state index in [1.165, 1.54) is 0 Å². The lowest BCUT2D eigenvalue weighted by atomic mass is 10.0. The molecule has 108 valence electrons. The fourth-order valence-corrected chi connectivity index (χ4v) is 2.96. The van der Waals surface area contributed by atoms with Gasteiger partial charge in [0.1, 0.15) is 0 Å². The standard InChI is InChI=1S/C16H21NO3/c1-3-17(14-7-5-4-6-11(14)2)15(18)12-8-9-13(10-12)16(19)20/h4-7,12-13H,3,8-10H2,1-2H3,(H,19,20)/t12-,13+/m1/s1. The molecule has 0 aliphatic heterocycles. The van der Waals surface area contributed by atoms with E-state index in [0.29, 0.717) is 25.8 Å². The first kappa shape index (κ1) is 14.6. The Kier molecular flexibility index (Phi) is 4.42. The zero-order valence-electron chi connectivity index (χ0n) is 12.0. The third kappa shape index (κ3) is 2.84. The lowest BCUT2D eigenvalue weighted by Crippen LogP contribution is -2.36. The van der Waals surface area contributed by atoms with Crippen LogP contribution in [0.4, 0.5) is 5.69 Å². The van der Waals surface area contributed by atoms with Crippen LogP contribution in [0.5, 0.6) is 0 Å². The number of para-hydroxylation sites is 1. The molecule has 1 fully saturated rings. The van der Waals surface area contributed by atoms with Gasteiger partial charge < -0.3 is 10.0 Å². The van der Waals surface area contributed by atoms with Gasteiger partial charge in [-0.25, -0.2) is 0 Å². The van der Waals surface area contributed by atoms with E-state index < -0.39 is 5.97 Å². The number of carbonyl (C=O) groups excluding carboxylic acids is 1. The molecule has 0 unspecified atom stereocenters. The molecule has 1 aromatic rings. The Bertz CT molecular complexity index is 512. The molecule has 0 bridgehead atoms. The van der Waals surface area contributed by atoms with Crippen LogP contribution >= 0.6 is 0 Å². The van der Waals surface area contributed by atoms with E-state index in [9.17, 15) is 9.59 Å². The van der Waals surface area contributed by atoms with E-state index in [1.54, 1.807) is 4.90 Å². The number of nitrogens with zero attached hydrogens (tertiary/aromatic N) is 1. The molecule has 1 amide bonds. The number of rotatable bonds is 4. The van der Waals surface area contributed by atoms with Gasteiger partial charge in [0.15, 0.2) is 0 Å². The molecular formula is C16H21NO3. The highest BCUT2D eigenvalue weighted by atomic mass is 16.4. The van der Waals surface area contributed by atoms with Crippen LogP contribution in [0, 0.1) is 18.8 Å². The molecule has 1 aliphatic carbocycles. The molecule has 1 N–H and O–H groups in total. The third-order valence-corrected chi connectivity index (χ3v) is 4.12. The molecule has 1 aromatic carbocycles. The van der Waals surface area contributed by atoms with Gasteiger partial charge in [-0.3, -0.25) is 9.59 Å². The minimum Gasteiger partial charge on any atom is -0.481 e. The van der Waals surface area contributed by atoms with Crippen LogP contribution in [0.1, 0.15) is 31.7 Å². The monoisotopic (exact) mass is 275 g/mol. The normalized spacial score (nSPS) is 21.7. The predicted octanol–water partition coefficient (Wildman–Crippen LogP) is 2.85. The van der Waals surface area contributed by atoms with Gasteiger partial charge in [-0.1, -0.05) is 18.2 Å². The Morgan fingerprint density at radius 1 is 1.25 bits per heavy atom. The number of carboxylic acid groups (broad SMARTS) is 1. The van der Waals surface area contributed by atoms with Crippen molar-refractivity contribution in [2.45, 2.75) is 33.1 Å². The van der Waals surface area contributed by atoms with Gasteiger partial charge in [0, 0.05) is 18.2 Å². The molecule has 0 heterocycles. The smallest absolute Gasteiger partial charge is 0.306 e. The SMILES string of the molecule is CCN(C(=O)[C@@H]1CC[C@H](C(=O)O)C1)c1ccccc1C. The minimum atomic E-state index is -0.778. The number of amides is 1. The topological polar surface area (TPSA) is 57.6 Å². The van der Waals surface area contributed by atoms with E-state index >= 15 is 0 Å². The molecule has 4 heteroatoms. The fraction of sp³-hybridized carbons (Fsp3) is 0.500. The summed E-state index contributed by atoms with van der Waals surface area (Å²) in [5.41, 5.74) is 1.99. The Labute approximate surface area is 119 Å². The first-order valence-electron chi connectivity index (χ1n) is 7.14. The molecule has 1 saturated carbocycles. The summed E-state index contributed by atoms with van der Waals surface area (Å²) < 4.78 is 0. The Morgan fingerprint density at radius 2 is 1.90 bits per heavy atom. The fourth-order valence-electron chi connectivity index (χ4n) is 2.96. The highest BCUT2D eigenvalue weighted by Gasteiger charge is 2.36. The molecule has 20 heavy (non-hydrogen) atoms. The minimum absolute atomic E-state index is 0.0607. The Balaban J connectivity index is 2.15. The number of carbonyl (C=O) groups is 2. The van der Waals surface area contributed by atoms with Crippen LogP contribution < -0.4 is 4.90 Å². The summed E-state index contributed by atoms with van der Waals surface area (Å²) >= 11 is 0. The number of aryl methyl sites for hydroxylation is 1. The van der Waals surface area contributed by atoms with E-state index in [4.69, 9.17) is 5.11 Å². The van der Waals surface area contributed by atoms with Crippen molar-refractivity contribution in [3.05, 3.63) is 29.8 Å². The summed E-state index contributed by atoms with van der Waals surface area (Å²) in [6.45, 7) is 4.55. The lowest BCUT2D eigenvalue weighted by Gasteiger charge is -2.26. The van der Waals surface area contributed by atoms with E-state index in [2.05, 4.69) is 0 Å². The average Bonchev–Trinajstić information content (AvgIpc) is 2.91. The van der Waals surface area contributed by atoms with Crippen LogP contribution in [0.2, 0.25) is 0 Å². The molecule has 2 atom stereocenters. The van der Waals surface area contributed by atoms with Crippen LogP contribution in [0.25, 0.3) is 0 Å². The maximum absolute atomic E-state index is 12.6. The molecular weight excluding hydrogens is 254 g/mol. The van der Waals surface area contributed by atoms with Crippen LogP contribution in [-0.4, -0.2) is 23.5 Å². The highest BCUT2D eigenvalue weighted by molar-refractivity contribution is 5.96. The summed E-state index contributed by atoms with van der Waals surface area (Å²) in [4.78, 5) is 25.4. The number of hydrogen-bond acceptors (Lipinski definition) is 2. The molecule has 0 spiro atoms. The van der Waals surface area contributed by atoms with Crippen molar-refractivity contribution in [2.24, 2.45) is 11.8 Å². The number of carboxylic acids is 1. The molecule has 4 nitrogen and oxygen atoms in total. The summed E-state index contributed by atoms with van der Waals surface area (Å²) in [6, 6.07) is 7.81. The van der Waals surface area contributed by atoms with E-state index in [1.807, 2.05) is 38.1 Å². The highest BCUT2D eigenvalue weighted by Crippen LogP contribution is 2.34. The van der Waals surface area contributed by atoms with Crippen molar-refractivity contribution in [1.82, 2.24) is 0 Å². The van der Waals surface area contributed by atoms with Crippen molar-refractivity contribution >= 4 is 17.6 Å². The lowest BCUT2D eigenvalue weighted by molar-refractivity contribution is -0.141. The first-order valence-corrected chi connectivity index (χ1v) is 7.14. The maximum Gasteiger partial charge on any atom is 0.306 e. The number of aliphatic carboxylic acids is 1. The summed E-state index contributed by atoms with van der Waals surface area (Å²) in [7, 11) is 0. The largest absolute Gasteiger partial charge is 0.481 e.